The molecule has 3 aliphatic carbocycles. The Morgan fingerprint density at radius 2 is 1.86 bits per heavy atom. The predicted molar refractivity (Wildman–Crippen MR) is 146 cm³/mol. The van der Waals surface area contributed by atoms with Gasteiger partial charge >= 0.3 is 10.4 Å². The molecule has 3 aliphatic rings. The largest absolute Gasteiger partial charge is 0.472 e. The van der Waals surface area contributed by atoms with Gasteiger partial charge in [0, 0.05) is 14.1 Å². The maximum atomic E-state index is 11.3. The molecule has 5 atom stereocenters. The molecule has 0 radical (unpaired) electrons. The maximum Gasteiger partial charge on any atom is 0.445 e. The van der Waals surface area contributed by atoms with E-state index in [1.807, 2.05) is 6.07 Å². The molecule has 9 heteroatoms. The first-order valence-electron chi connectivity index (χ1n) is 13.5. The van der Waals surface area contributed by atoms with Gasteiger partial charge in [0.05, 0.1) is 12.5 Å². The number of hydrogen-bond donors (Lipinski definition) is 3. The SMILES string of the molecule is CC1(C)CCC[C@@]2(C)C1CCC1(C)C(CCc3ccoc3)/C(=C/OS(=O)(=O)O)CCC12.CN(C)C(=N)N. The van der Waals surface area contributed by atoms with Gasteiger partial charge in [0.2, 0.25) is 0 Å². The van der Waals surface area contributed by atoms with E-state index in [0.717, 1.165) is 43.6 Å². The van der Waals surface area contributed by atoms with E-state index in [-0.39, 0.29) is 17.3 Å². The van der Waals surface area contributed by atoms with Crippen molar-refractivity contribution in [1.82, 2.24) is 4.90 Å². The van der Waals surface area contributed by atoms with E-state index in [2.05, 4.69) is 27.7 Å². The van der Waals surface area contributed by atoms with Gasteiger partial charge in [-0.2, -0.15) is 8.42 Å². The van der Waals surface area contributed by atoms with E-state index < -0.39 is 10.4 Å². The number of rotatable bonds is 5. The summed E-state index contributed by atoms with van der Waals surface area (Å²) in [6.07, 6.45) is 14.8. The zero-order valence-corrected chi connectivity index (χ0v) is 24.2. The third-order valence-electron chi connectivity index (χ3n) is 9.91. The van der Waals surface area contributed by atoms with Crippen molar-refractivity contribution in [2.24, 2.45) is 39.7 Å². The molecule has 4 unspecified atom stereocenters. The van der Waals surface area contributed by atoms with Crippen molar-refractivity contribution in [1.29, 1.82) is 5.41 Å². The maximum absolute atomic E-state index is 11.3. The minimum absolute atomic E-state index is 0.0923. The number of fused-ring (bicyclic) bond motifs is 3. The Balaban J connectivity index is 0.000000568. The van der Waals surface area contributed by atoms with Crippen LogP contribution in [0, 0.1) is 39.4 Å². The number of aryl methyl sites for hydroxylation is 1. The van der Waals surface area contributed by atoms with Gasteiger partial charge in [-0.3, -0.25) is 9.96 Å². The van der Waals surface area contributed by atoms with Gasteiger partial charge in [0.1, 0.15) is 6.26 Å². The van der Waals surface area contributed by atoms with Crippen LogP contribution in [-0.2, 0) is 21.0 Å². The van der Waals surface area contributed by atoms with E-state index in [1.165, 1.54) is 42.4 Å². The van der Waals surface area contributed by atoms with Crippen molar-refractivity contribution in [2.45, 2.75) is 85.5 Å². The first-order chi connectivity index (χ1) is 17.1. The highest BCUT2D eigenvalue weighted by molar-refractivity contribution is 7.81. The predicted octanol–water partition coefficient (Wildman–Crippen LogP) is 6.02. The van der Waals surface area contributed by atoms with E-state index in [0.29, 0.717) is 16.7 Å². The van der Waals surface area contributed by atoms with Crippen molar-refractivity contribution in [2.75, 3.05) is 14.1 Å². The van der Waals surface area contributed by atoms with Crippen LogP contribution in [0.5, 0.6) is 0 Å². The van der Waals surface area contributed by atoms with Crippen LogP contribution in [0.1, 0.15) is 84.6 Å². The molecule has 0 aliphatic heterocycles. The van der Waals surface area contributed by atoms with Gasteiger partial charge in [-0.05, 0) is 103 Å². The van der Waals surface area contributed by atoms with E-state index in [4.69, 9.17) is 24.3 Å². The summed E-state index contributed by atoms with van der Waals surface area (Å²) in [6, 6.07) is 2.00. The minimum Gasteiger partial charge on any atom is -0.472 e. The molecule has 37 heavy (non-hydrogen) atoms. The Kier molecular flexibility index (Phi) is 8.79. The molecule has 4 N–H and O–H groups in total. The molecule has 1 aromatic heterocycles. The first-order valence-corrected chi connectivity index (χ1v) is 14.8. The van der Waals surface area contributed by atoms with Gasteiger partial charge in [-0.25, -0.2) is 0 Å². The second kappa shape index (κ2) is 11.0. The summed E-state index contributed by atoms with van der Waals surface area (Å²) in [5.41, 5.74) is 7.93. The fourth-order valence-electron chi connectivity index (χ4n) is 8.20. The molecular formula is C28H47N3O5S. The molecule has 1 aromatic rings. The van der Waals surface area contributed by atoms with Gasteiger partial charge in [-0.1, -0.05) is 34.1 Å². The van der Waals surface area contributed by atoms with Crippen molar-refractivity contribution in [3.05, 3.63) is 36.0 Å². The summed E-state index contributed by atoms with van der Waals surface area (Å²) in [7, 11) is -1.04. The second-order valence-corrected chi connectivity index (χ2v) is 13.8. The number of hydrogen-bond acceptors (Lipinski definition) is 5. The molecule has 0 saturated heterocycles. The Morgan fingerprint density at radius 1 is 1.19 bits per heavy atom. The molecule has 0 spiro atoms. The van der Waals surface area contributed by atoms with Crippen LogP contribution in [0.3, 0.4) is 0 Å². The number of nitrogens with one attached hydrogen (secondary N) is 1. The fraction of sp³-hybridized carbons (Fsp3) is 0.750. The molecule has 210 valence electrons. The monoisotopic (exact) mass is 537 g/mol. The van der Waals surface area contributed by atoms with Gasteiger partial charge in [0.25, 0.3) is 0 Å². The van der Waals surface area contributed by atoms with Crippen LogP contribution in [0.15, 0.2) is 34.8 Å². The minimum atomic E-state index is -4.49. The summed E-state index contributed by atoms with van der Waals surface area (Å²) in [4.78, 5) is 1.53. The van der Waals surface area contributed by atoms with Crippen LogP contribution >= 0.6 is 0 Å². The van der Waals surface area contributed by atoms with Crippen molar-refractivity contribution in [3.8, 4) is 0 Å². The fourth-order valence-corrected chi connectivity index (χ4v) is 8.44. The second-order valence-electron chi connectivity index (χ2n) is 12.8. The number of nitrogens with two attached hydrogens (primary N) is 1. The average Bonchev–Trinajstić information content (AvgIpc) is 3.29. The zero-order valence-electron chi connectivity index (χ0n) is 23.4. The highest BCUT2D eigenvalue weighted by atomic mass is 32.3. The highest BCUT2D eigenvalue weighted by Gasteiger charge is 2.61. The summed E-state index contributed by atoms with van der Waals surface area (Å²) in [6.45, 7) is 9.89. The van der Waals surface area contributed by atoms with E-state index in [9.17, 15) is 8.42 Å². The lowest BCUT2D eigenvalue weighted by Gasteiger charge is -2.66. The van der Waals surface area contributed by atoms with Gasteiger partial charge in [-0.15, -0.1) is 0 Å². The standard InChI is InChI=1S/C25H38O5S.C3H9N3/c1-23(2)12-5-13-25(4)21(23)10-14-24(3)20(8-6-18-11-15-29-16-18)19(7-9-22(24)25)17-30-31(26,27)28;1-6(2)3(4)5/h11,15-17,20-22H,5-10,12-14H2,1-4H3,(H,26,27,28);1-2H3,(H3,4,5)/b19-17+;/t20?,21?,22?,24?,25-;/m0./s1. The normalized spacial score (nSPS) is 33.9. The third-order valence-corrected chi connectivity index (χ3v) is 10.2. The molecule has 1 heterocycles. The topological polar surface area (TPSA) is 130 Å². The smallest absolute Gasteiger partial charge is 0.445 e. The van der Waals surface area contributed by atoms with Gasteiger partial charge < -0.3 is 19.2 Å². The Morgan fingerprint density at radius 3 is 2.43 bits per heavy atom. The van der Waals surface area contributed by atoms with E-state index in [1.54, 1.807) is 26.6 Å². The molecule has 0 aromatic carbocycles. The zero-order chi connectivity index (χ0) is 27.6. The summed E-state index contributed by atoms with van der Waals surface area (Å²) < 4.78 is 41.7. The Bertz CT molecular complexity index is 1070. The first kappa shape index (κ1) is 29.6. The van der Waals surface area contributed by atoms with Crippen LogP contribution in [0.2, 0.25) is 0 Å². The lowest BCUT2D eigenvalue weighted by atomic mass is 9.39. The molecule has 3 saturated carbocycles. The number of furan rings is 1. The summed E-state index contributed by atoms with van der Waals surface area (Å²) in [5, 5.41) is 6.65. The molecule has 0 amide bonds. The third kappa shape index (κ3) is 6.53. The number of allylic oxidation sites excluding steroid dienone is 1. The lowest BCUT2D eigenvalue weighted by molar-refractivity contribution is -0.154. The van der Waals surface area contributed by atoms with Crippen molar-refractivity contribution in [3.63, 3.8) is 0 Å². The summed E-state index contributed by atoms with van der Waals surface area (Å²) >= 11 is 0. The number of nitrogens with zero attached hydrogens (tertiary/aromatic N) is 1. The van der Waals surface area contributed by atoms with E-state index >= 15 is 0 Å². The lowest BCUT2D eigenvalue weighted by Crippen LogP contribution is -2.58. The molecule has 8 nitrogen and oxygen atoms in total. The van der Waals surface area contributed by atoms with Gasteiger partial charge in [0.15, 0.2) is 5.96 Å². The Hall–Kier alpha value is -2.00. The average molecular weight is 538 g/mol. The summed E-state index contributed by atoms with van der Waals surface area (Å²) in [5.74, 6) is 1.66. The number of guanidine groups is 1. The van der Waals surface area contributed by atoms with Crippen molar-refractivity contribution >= 4 is 16.4 Å². The Labute approximate surface area is 223 Å². The quantitative estimate of drug-likeness (QED) is 0.181. The van der Waals surface area contributed by atoms with Crippen LogP contribution < -0.4 is 5.73 Å². The van der Waals surface area contributed by atoms with Crippen LogP contribution in [0.25, 0.3) is 0 Å². The van der Waals surface area contributed by atoms with Crippen LogP contribution in [0.4, 0.5) is 0 Å². The molecule has 3 fully saturated rings. The molecule has 4 rings (SSSR count). The van der Waals surface area contributed by atoms with Crippen LogP contribution in [-0.4, -0.2) is 37.9 Å². The highest BCUT2D eigenvalue weighted by Crippen LogP contribution is 2.69. The molecular weight excluding hydrogens is 490 g/mol. The van der Waals surface area contributed by atoms with Crippen molar-refractivity contribution < 1.29 is 21.6 Å². The molecule has 0 bridgehead atoms.